The van der Waals surface area contributed by atoms with Crippen LogP contribution in [0, 0.1) is 5.41 Å². The number of amides is 1. The molecule has 0 saturated heterocycles. The summed E-state index contributed by atoms with van der Waals surface area (Å²) >= 11 is 0. The highest BCUT2D eigenvalue weighted by Gasteiger charge is 2.44. The number of carbonyl (C=O) groups excluding carboxylic acids is 2. The lowest BCUT2D eigenvalue weighted by Gasteiger charge is -2.43. The zero-order valence-corrected chi connectivity index (χ0v) is 21.0. The summed E-state index contributed by atoms with van der Waals surface area (Å²) in [6.45, 7) is 6.72. The molecule has 1 aliphatic heterocycles. The SMILES string of the molecule is CCOc1ccc(C2CC(=O)N(c3ccc(Oc4ccccc4)cc3)C3=C2C(=O)CC(C)(C)C3)cc1. The Bertz CT molecular complexity index is 1290. The van der Waals surface area contributed by atoms with Crippen LogP contribution in [0.1, 0.15) is 51.5 Å². The van der Waals surface area contributed by atoms with E-state index in [1.807, 2.05) is 85.8 Å². The average Bonchev–Trinajstić information content (AvgIpc) is 2.85. The van der Waals surface area contributed by atoms with Gasteiger partial charge in [0.15, 0.2) is 5.78 Å². The molecule has 1 heterocycles. The van der Waals surface area contributed by atoms with E-state index in [9.17, 15) is 9.59 Å². The molecule has 0 saturated carbocycles. The number of benzene rings is 3. The van der Waals surface area contributed by atoms with Gasteiger partial charge in [-0.05, 0) is 72.9 Å². The predicted molar refractivity (Wildman–Crippen MR) is 140 cm³/mol. The standard InChI is InChI=1S/C31H31NO4/c1-4-35-23-14-10-21(11-15-23)26-18-29(34)32(27-19-31(2,3)20-28(33)30(26)27)22-12-16-25(17-13-22)36-24-8-6-5-7-9-24/h5-17,26H,4,18-20H2,1-3H3. The molecule has 1 aliphatic carbocycles. The molecule has 1 atom stereocenters. The van der Waals surface area contributed by atoms with Crippen molar-refractivity contribution in [3.8, 4) is 17.2 Å². The van der Waals surface area contributed by atoms with E-state index in [1.54, 1.807) is 4.90 Å². The average molecular weight is 482 g/mol. The van der Waals surface area contributed by atoms with E-state index in [4.69, 9.17) is 9.47 Å². The fraction of sp³-hybridized carbons (Fsp3) is 0.290. The van der Waals surface area contributed by atoms with Crippen LogP contribution in [0.3, 0.4) is 0 Å². The van der Waals surface area contributed by atoms with E-state index in [2.05, 4.69) is 13.8 Å². The number of carbonyl (C=O) groups is 2. The molecule has 1 amide bonds. The Balaban J connectivity index is 1.51. The zero-order valence-electron chi connectivity index (χ0n) is 21.0. The van der Waals surface area contributed by atoms with Crippen LogP contribution in [0.15, 0.2) is 90.1 Å². The molecular weight excluding hydrogens is 450 g/mol. The fourth-order valence-electron chi connectivity index (χ4n) is 5.25. The lowest BCUT2D eigenvalue weighted by atomic mass is 9.69. The van der Waals surface area contributed by atoms with Gasteiger partial charge in [-0.15, -0.1) is 0 Å². The summed E-state index contributed by atoms with van der Waals surface area (Å²) < 4.78 is 11.5. The topological polar surface area (TPSA) is 55.8 Å². The molecule has 5 rings (SSSR count). The second-order valence-corrected chi connectivity index (χ2v) is 10.2. The van der Waals surface area contributed by atoms with Gasteiger partial charge >= 0.3 is 0 Å². The monoisotopic (exact) mass is 481 g/mol. The maximum Gasteiger partial charge on any atom is 0.232 e. The number of ketones is 1. The van der Waals surface area contributed by atoms with Gasteiger partial charge in [0.1, 0.15) is 17.2 Å². The summed E-state index contributed by atoms with van der Waals surface area (Å²) in [6, 6.07) is 24.9. The minimum absolute atomic E-state index is 0.00476. The Morgan fingerprint density at radius 1 is 0.833 bits per heavy atom. The lowest BCUT2D eigenvalue weighted by molar-refractivity contribution is -0.121. The maximum atomic E-state index is 13.6. The van der Waals surface area contributed by atoms with E-state index >= 15 is 0 Å². The number of anilines is 1. The Hall–Kier alpha value is -3.86. The van der Waals surface area contributed by atoms with Crippen molar-refractivity contribution in [2.75, 3.05) is 11.5 Å². The van der Waals surface area contributed by atoms with Gasteiger partial charge < -0.3 is 9.47 Å². The molecule has 0 aromatic heterocycles. The molecule has 36 heavy (non-hydrogen) atoms. The first-order valence-corrected chi connectivity index (χ1v) is 12.5. The summed E-state index contributed by atoms with van der Waals surface area (Å²) in [5.74, 6) is 2.10. The molecular formula is C31H31NO4. The number of para-hydroxylation sites is 1. The van der Waals surface area contributed by atoms with Gasteiger partial charge in [0.2, 0.25) is 5.91 Å². The Labute approximate surface area is 212 Å². The minimum Gasteiger partial charge on any atom is -0.494 e. The predicted octanol–water partition coefficient (Wildman–Crippen LogP) is 7.04. The van der Waals surface area contributed by atoms with Crippen LogP contribution in [0.5, 0.6) is 17.2 Å². The lowest BCUT2D eigenvalue weighted by Crippen LogP contribution is -2.43. The van der Waals surface area contributed by atoms with Gasteiger partial charge in [0, 0.05) is 35.7 Å². The van der Waals surface area contributed by atoms with Crippen LogP contribution in [0.25, 0.3) is 0 Å². The highest BCUT2D eigenvalue weighted by atomic mass is 16.5. The van der Waals surface area contributed by atoms with Crippen molar-refractivity contribution in [1.82, 2.24) is 0 Å². The maximum absolute atomic E-state index is 13.6. The number of rotatable bonds is 6. The third-order valence-corrected chi connectivity index (χ3v) is 6.81. The zero-order chi connectivity index (χ0) is 25.3. The van der Waals surface area contributed by atoms with Gasteiger partial charge in [-0.2, -0.15) is 0 Å². The van der Waals surface area contributed by atoms with Crippen LogP contribution in [0.4, 0.5) is 5.69 Å². The van der Waals surface area contributed by atoms with Gasteiger partial charge in [0.05, 0.1) is 6.61 Å². The van der Waals surface area contributed by atoms with Crippen LogP contribution in [-0.4, -0.2) is 18.3 Å². The van der Waals surface area contributed by atoms with Crippen molar-refractivity contribution < 1.29 is 19.1 Å². The highest BCUT2D eigenvalue weighted by molar-refractivity contribution is 6.07. The third-order valence-electron chi connectivity index (χ3n) is 6.81. The van der Waals surface area contributed by atoms with Crippen LogP contribution >= 0.6 is 0 Å². The molecule has 0 N–H and O–H groups in total. The number of ether oxygens (including phenoxy) is 2. The third kappa shape index (κ3) is 4.78. The molecule has 184 valence electrons. The normalized spacial score (nSPS) is 19.2. The summed E-state index contributed by atoms with van der Waals surface area (Å²) in [7, 11) is 0. The summed E-state index contributed by atoms with van der Waals surface area (Å²) in [6.07, 6.45) is 1.39. The van der Waals surface area contributed by atoms with Gasteiger partial charge in [-0.25, -0.2) is 0 Å². The molecule has 3 aromatic rings. The van der Waals surface area contributed by atoms with E-state index in [-0.39, 0.29) is 29.4 Å². The number of nitrogens with zero attached hydrogens (tertiary/aromatic N) is 1. The smallest absolute Gasteiger partial charge is 0.232 e. The van der Waals surface area contributed by atoms with Gasteiger partial charge in [-0.1, -0.05) is 44.2 Å². The largest absolute Gasteiger partial charge is 0.494 e. The Morgan fingerprint density at radius 2 is 1.47 bits per heavy atom. The van der Waals surface area contributed by atoms with Gasteiger partial charge in [-0.3, -0.25) is 14.5 Å². The number of allylic oxidation sites excluding steroid dienone is 2. The summed E-state index contributed by atoms with van der Waals surface area (Å²) in [5, 5.41) is 0. The van der Waals surface area contributed by atoms with Crippen molar-refractivity contribution >= 4 is 17.4 Å². The number of hydrogen-bond donors (Lipinski definition) is 0. The number of hydrogen-bond acceptors (Lipinski definition) is 4. The quantitative estimate of drug-likeness (QED) is 0.379. The summed E-state index contributed by atoms with van der Waals surface area (Å²) in [4.78, 5) is 28.9. The first-order chi connectivity index (χ1) is 17.3. The first-order valence-electron chi connectivity index (χ1n) is 12.5. The first kappa shape index (κ1) is 23.9. The second-order valence-electron chi connectivity index (χ2n) is 10.2. The van der Waals surface area contributed by atoms with Crippen LogP contribution < -0.4 is 14.4 Å². The van der Waals surface area contributed by atoms with Crippen molar-refractivity contribution in [3.05, 3.63) is 95.7 Å². The minimum atomic E-state index is -0.247. The molecule has 0 bridgehead atoms. The van der Waals surface area contributed by atoms with Crippen molar-refractivity contribution in [2.24, 2.45) is 5.41 Å². The van der Waals surface area contributed by atoms with Crippen molar-refractivity contribution in [1.29, 1.82) is 0 Å². The molecule has 5 heteroatoms. The number of Topliss-reactive ketones (excluding diaryl/α,β-unsaturated/α-hetero) is 1. The summed E-state index contributed by atoms with van der Waals surface area (Å²) in [5.41, 5.74) is 3.10. The van der Waals surface area contributed by atoms with E-state index in [0.717, 1.165) is 34.0 Å². The van der Waals surface area contributed by atoms with Crippen molar-refractivity contribution in [3.63, 3.8) is 0 Å². The molecule has 1 unspecified atom stereocenters. The van der Waals surface area contributed by atoms with Crippen molar-refractivity contribution in [2.45, 2.75) is 46.0 Å². The molecule has 0 spiro atoms. The fourth-order valence-corrected chi connectivity index (χ4v) is 5.25. The van der Waals surface area contributed by atoms with Crippen LogP contribution in [0.2, 0.25) is 0 Å². The molecule has 5 nitrogen and oxygen atoms in total. The molecule has 0 radical (unpaired) electrons. The Kier molecular flexibility index (Phi) is 6.40. The van der Waals surface area contributed by atoms with Gasteiger partial charge in [0.25, 0.3) is 0 Å². The van der Waals surface area contributed by atoms with E-state index in [1.165, 1.54) is 0 Å². The Morgan fingerprint density at radius 3 is 2.14 bits per heavy atom. The highest BCUT2D eigenvalue weighted by Crippen LogP contribution is 2.48. The van der Waals surface area contributed by atoms with Crippen LogP contribution in [-0.2, 0) is 9.59 Å². The molecule has 2 aliphatic rings. The van der Waals surface area contributed by atoms with E-state index < -0.39 is 0 Å². The molecule has 0 fully saturated rings. The second kappa shape index (κ2) is 9.65. The molecule has 3 aromatic carbocycles. The van der Waals surface area contributed by atoms with E-state index in [0.29, 0.717) is 25.2 Å².